The van der Waals surface area contributed by atoms with E-state index in [2.05, 4.69) is 21.9 Å². The van der Waals surface area contributed by atoms with E-state index in [1.165, 1.54) is 6.33 Å². The van der Waals surface area contributed by atoms with Crippen molar-refractivity contribution in [2.75, 3.05) is 25.1 Å². The molecule has 1 aromatic rings. The first-order valence-corrected chi connectivity index (χ1v) is 6.02. The van der Waals surface area contributed by atoms with Crippen LogP contribution in [0.25, 0.3) is 0 Å². The fraction of sp³-hybridized carbons (Fsp3) is 0.538. The molecular formula is C13H21N3O2. The van der Waals surface area contributed by atoms with Gasteiger partial charge < -0.3 is 14.8 Å². The summed E-state index contributed by atoms with van der Waals surface area (Å²) in [5.74, 6) is 1.31. The molecule has 0 aromatic carbocycles. The van der Waals surface area contributed by atoms with Gasteiger partial charge in [-0.05, 0) is 20.8 Å². The molecule has 100 valence electrons. The van der Waals surface area contributed by atoms with Crippen molar-refractivity contribution in [1.82, 2.24) is 9.97 Å². The molecule has 0 saturated heterocycles. The second-order valence-electron chi connectivity index (χ2n) is 4.34. The summed E-state index contributed by atoms with van der Waals surface area (Å²) in [5, 5.41) is 3.15. The van der Waals surface area contributed by atoms with Gasteiger partial charge in [-0.15, -0.1) is 0 Å². The lowest BCUT2D eigenvalue weighted by Crippen LogP contribution is -2.12. The zero-order valence-electron chi connectivity index (χ0n) is 11.3. The molecule has 0 atom stereocenters. The number of ether oxygens (including phenoxy) is 2. The lowest BCUT2D eigenvalue weighted by molar-refractivity contribution is 0.167. The van der Waals surface area contributed by atoms with Gasteiger partial charge in [0.1, 0.15) is 12.1 Å². The Morgan fingerprint density at radius 1 is 1.44 bits per heavy atom. The van der Waals surface area contributed by atoms with Crippen molar-refractivity contribution in [2.45, 2.75) is 26.9 Å². The lowest BCUT2D eigenvalue weighted by atomic mass is 10.4. The number of nitrogens with zero attached hydrogens (tertiary/aromatic N) is 2. The molecule has 0 radical (unpaired) electrons. The zero-order chi connectivity index (χ0) is 13.4. The molecule has 0 bridgehead atoms. The number of anilines is 1. The van der Waals surface area contributed by atoms with Gasteiger partial charge in [-0.1, -0.05) is 12.2 Å². The normalized spacial score (nSPS) is 10.4. The average Bonchev–Trinajstić information content (AvgIpc) is 2.27. The third-order valence-corrected chi connectivity index (χ3v) is 1.90. The Morgan fingerprint density at radius 2 is 2.22 bits per heavy atom. The molecule has 5 nitrogen and oxygen atoms in total. The van der Waals surface area contributed by atoms with Gasteiger partial charge in [0.2, 0.25) is 5.88 Å². The summed E-state index contributed by atoms with van der Waals surface area (Å²) in [6, 6.07) is 1.78. The minimum atomic E-state index is 0.103. The number of rotatable bonds is 8. The SMILES string of the molecule is C=C(C)COCCNc1cc(OC(C)C)ncn1. The molecule has 18 heavy (non-hydrogen) atoms. The molecule has 5 heteroatoms. The van der Waals surface area contributed by atoms with E-state index in [4.69, 9.17) is 9.47 Å². The molecule has 0 saturated carbocycles. The molecule has 0 aliphatic heterocycles. The molecule has 0 amide bonds. The Morgan fingerprint density at radius 3 is 2.89 bits per heavy atom. The van der Waals surface area contributed by atoms with Gasteiger partial charge >= 0.3 is 0 Å². The summed E-state index contributed by atoms with van der Waals surface area (Å²) in [7, 11) is 0. The summed E-state index contributed by atoms with van der Waals surface area (Å²) >= 11 is 0. The third-order valence-electron chi connectivity index (χ3n) is 1.90. The van der Waals surface area contributed by atoms with E-state index < -0.39 is 0 Å². The van der Waals surface area contributed by atoms with Crippen LogP contribution < -0.4 is 10.1 Å². The van der Waals surface area contributed by atoms with E-state index in [1.807, 2.05) is 20.8 Å². The Balaban J connectivity index is 2.31. The highest BCUT2D eigenvalue weighted by Crippen LogP contribution is 2.12. The van der Waals surface area contributed by atoms with Crippen LogP contribution in [0.3, 0.4) is 0 Å². The topological polar surface area (TPSA) is 56.3 Å². The van der Waals surface area contributed by atoms with Crippen molar-refractivity contribution in [3.63, 3.8) is 0 Å². The van der Waals surface area contributed by atoms with Crippen LogP contribution in [0.4, 0.5) is 5.82 Å². The Labute approximate surface area is 108 Å². The van der Waals surface area contributed by atoms with Crippen LogP contribution in [0.15, 0.2) is 24.5 Å². The fourth-order valence-electron chi connectivity index (χ4n) is 1.24. The van der Waals surface area contributed by atoms with Crippen LogP contribution in [0.1, 0.15) is 20.8 Å². The molecule has 0 aliphatic carbocycles. The minimum Gasteiger partial charge on any atom is -0.475 e. The van der Waals surface area contributed by atoms with Crippen LogP contribution in [0.5, 0.6) is 5.88 Å². The maximum atomic E-state index is 5.48. The maximum Gasteiger partial charge on any atom is 0.218 e. The monoisotopic (exact) mass is 251 g/mol. The van der Waals surface area contributed by atoms with E-state index in [0.717, 1.165) is 11.4 Å². The van der Waals surface area contributed by atoms with Gasteiger partial charge in [-0.2, -0.15) is 0 Å². The van der Waals surface area contributed by atoms with Crippen LogP contribution in [-0.4, -0.2) is 35.8 Å². The summed E-state index contributed by atoms with van der Waals surface area (Å²) in [4.78, 5) is 8.14. The summed E-state index contributed by atoms with van der Waals surface area (Å²) < 4.78 is 10.9. The summed E-state index contributed by atoms with van der Waals surface area (Å²) in [6.07, 6.45) is 1.58. The quantitative estimate of drug-likeness (QED) is 0.567. The van der Waals surface area contributed by atoms with E-state index in [-0.39, 0.29) is 6.10 Å². The van der Waals surface area contributed by atoms with Crippen molar-refractivity contribution in [3.05, 3.63) is 24.5 Å². The number of nitrogens with one attached hydrogen (secondary N) is 1. The molecule has 0 fully saturated rings. The van der Waals surface area contributed by atoms with E-state index in [9.17, 15) is 0 Å². The van der Waals surface area contributed by atoms with Crippen molar-refractivity contribution < 1.29 is 9.47 Å². The van der Waals surface area contributed by atoms with Gasteiger partial charge in [0.15, 0.2) is 0 Å². The van der Waals surface area contributed by atoms with Gasteiger partial charge in [-0.3, -0.25) is 0 Å². The van der Waals surface area contributed by atoms with Gasteiger partial charge in [0, 0.05) is 12.6 Å². The Hall–Kier alpha value is -1.62. The van der Waals surface area contributed by atoms with Crippen molar-refractivity contribution in [1.29, 1.82) is 0 Å². The zero-order valence-corrected chi connectivity index (χ0v) is 11.3. The second-order valence-corrected chi connectivity index (χ2v) is 4.34. The third kappa shape index (κ3) is 6.20. The molecule has 0 unspecified atom stereocenters. The largest absolute Gasteiger partial charge is 0.475 e. The molecule has 1 heterocycles. The summed E-state index contributed by atoms with van der Waals surface area (Å²) in [6.45, 7) is 11.5. The highest BCUT2D eigenvalue weighted by atomic mass is 16.5. The summed E-state index contributed by atoms with van der Waals surface area (Å²) in [5.41, 5.74) is 1.02. The van der Waals surface area contributed by atoms with Gasteiger partial charge in [0.05, 0.1) is 19.3 Å². The molecule has 1 aromatic heterocycles. The highest BCUT2D eigenvalue weighted by Gasteiger charge is 2.01. The van der Waals surface area contributed by atoms with Crippen molar-refractivity contribution in [3.8, 4) is 5.88 Å². The first-order valence-electron chi connectivity index (χ1n) is 6.02. The second kappa shape index (κ2) is 7.66. The number of aromatic nitrogens is 2. The number of hydrogen-bond acceptors (Lipinski definition) is 5. The predicted molar refractivity (Wildman–Crippen MR) is 71.9 cm³/mol. The molecule has 0 spiro atoms. The maximum absolute atomic E-state index is 5.48. The molecule has 1 N–H and O–H groups in total. The lowest BCUT2D eigenvalue weighted by Gasteiger charge is -2.10. The van der Waals surface area contributed by atoms with E-state index >= 15 is 0 Å². The first-order chi connectivity index (χ1) is 8.58. The fourth-order valence-corrected chi connectivity index (χ4v) is 1.24. The van der Waals surface area contributed by atoms with Crippen molar-refractivity contribution >= 4 is 5.82 Å². The smallest absolute Gasteiger partial charge is 0.218 e. The Bertz CT molecular complexity index is 380. The molecular weight excluding hydrogens is 230 g/mol. The average molecular weight is 251 g/mol. The van der Waals surface area contributed by atoms with E-state index in [1.54, 1.807) is 6.07 Å². The highest BCUT2D eigenvalue weighted by molar-refractivity contribution is 5.36. The molecule has 0 aliphatic rings. The van der Waals surface area contributed by atoms with Crippen LogP contribution in [0.2, 0.25) is 0 Å². The Kier molecular flexibility index (Phi) is 6.14. The standard InChI is InChI=1S/C13H21N3O2/c1-10(2)8-17-6-5-14-12-7-13(16-9-15-12)18-11(3)4/h7,9,11H,1,5-6,8H2,2-4H3,(H,14,15,16). The number of hydrogen-bond donors (Lipinski definition) is 1. The van der Waals surface area contributed by atoms with Crippen LogP contribution in [-0.2, 0) is 4.74 Å². The van der Waals surface area contributed by atoms with Crippen molar-refractivity contribution in [2.24, 2.45) is 0 Å². The first kappa shape index (κ1) is 14.4. The van der Waals surface area contributed by atoms with E-state index in [0.29, 0.717) is 25.6 Å². The molecule has 1 rings (SSSR count). The van der Waals surface area contributed by atoms with Gasteiger partial charge in [0.25, 0.3) is 0 Å². The predicted octanol–water partition coefficient (Wildman–Crippen LogP) is 2.27. The van der Waals surface area contributed by atoms with Crippen LogP contribution in [0, 0.1) is 0 Å². The van der Waals surface area contributed by atoms with Crippen LogP contribution >= 0.6 is 0 Å². The van der Waals surface area contributed by atoms with Gasteiger partial charge in [-0.25, -0.2) is 9.97 Å². The minimum absolute atomic E-state index is 0.103.